The first-order chi connectivity index (χ1) is 40.1. The lowest BCUT2D eigenvalue weighted by Crippen LogP contribution is -2.71. The predicted octanol–water partition coefficient (Wildman–Crippen LogP) is -13.8. The summed E-state index contributed by atoms with van der Waals surface area (Å²) in [7, 11) is 0. The zero-order valence-electron chi connectivity index (χ0n) is 46.3. The Morgan fingerprint density at radius 1 is 0.329 bits per heavy atom. The molecule has 37 heteroatoms. The zero-order chi connectivity index (χ0) is 62.8. The summed E-state index contributed by atoms with van der Waals surface area (Å²) in [6.07, 6.45) is -58.9. The summed E-state index contributed by atoms with van der Waals surface area (Å²) in [5.41, 5.74) is 0. The monoisotopic (exact) mass is 1240 g/mol. The molecule has 0 spiro atoms. The Hall–Kier alpha value is -2.83. The molecule has 7 fully saturated rings. The summed E-state index contributed by atoms with van der Waals surface area (Å²) in [6.45, 7) is 0.810. The van der Waals surface area contributed by atoms with Gasteiger partial charge in [-0.1, -0.05) is 0 Å². The van der Waals surface area contributed by atoms with Crippen molar-refractivity contribution in [1.82, 2.24) is 16.0 Å². The highest BCUT2D eigenvalue weighted by Crippen LogP contribution is 2.37. The minimum Gasteiger partial charge on any atom is -0.394 e. The lowest BCUT2D eigenvalue weighted by Gasteiger charge is -2.51. The van der Waals surface area contributed by atoms with Crippen molar-refractivity contribution in [2.24, 2.45) is 0 Å². The second-order valence-electron chi connectivity index (χ2n) is 21.8. The first-order valence-electron chi connectivity index (χ1n) is 27.3. The Morgan fingerprint density at radius 3 is 1.15 bits per heavy atom. The molecule has 492 valence electrons. The van der Waals surface area contributed by atoms with Crippen molar-refractivity contribution in [2.75, 3.05) is 33.0 Å². The SMILES string of the molecule is CC(=O)N[C@H]1[C@H](OC[C@H]2OC(O)[C@H](NC(C)=O)[C@@H](O[C@@H]3O[C@H](CO)[C@@H](O)[C@H](O[C@@H]4O[C@H](CO)[C@H](O)[C@H](O)[C@H]4O[C@@H]4O[C@@H](C)[C@@H](O)[C@@H](O)[C@@H]4O)[C@H]3NC(C)=O)[C@H]2O)O[C@H](CO)[C@@H](O[C@@H]2O[C@H](CO)[C@H](O)[C@H](O)[C@H]2O[C@@H]2O[C@@H](C)[C@@H](O)[C@@H](O)[C@@H]2O)[C@@H]1O. The highest BCUT2D eigenvalue weighted by Gasteiger charge is 2.59. The van der Waals surface area contributed by atoms with Gasteiger partial charge in [0.2, 0.25) is 17.7 Å². The van der Waals surface area contributed by atoms with Crippen LogP contribution in [-0.4, -0.2) is 357 Å². The Kier molecular flexibility index (Phi) is 24.5. The lowest BCUT2D eigenvalue weighted by atomic mass is 9.93. The Morgan fingerprint density at radius 2 is 0.694 bits per heavy atom. The fourth-order valence-corrected chi connectivity index (χ4v) is 11.0. The molecular formula is C48H81N3O34. The van der Waals surface area contributed by atoms with Crippen molar-refractivity contribution in [2.45, 2.75) is 249 Å². The third-order valence-electron chi connectivity index (χ3n) is 15.7. The van der Waals surface area contributed by atoms with E-state index in [9.17, 15) is 106 Å². The highest BCUT2D eigenvalue weighted by atomic mass is 16.8. The van der Waals surface area contributed by atoms with Gasteiger partial charge in [-0.25, -0.2) is 0 Å². The minimum atomic E-state index is -2.14. The number of rotatable bonds is 20. The lowest BCUT2D eigenvalue weighted by molar-refractivity contribution is -0.385. The molecule has 7 aliphatic rings. The van der Waals surface area contributed by atoms with Gasteiger partial charge >= 0.3 is 0 Å². The van der Waals surface area contributed by atoms with Crippen LogP contribution in [0, 0.1) is 0 Å². The van der Waals surface area contributed by atoms with Crippen molar-refractivity contribution in [3.8, 4) is 0 Å². The van der Waals surface area contributed by atoms with Crippen LogP contribution in [0.25, 0.3) is 0 Å². The number of aliphatic hydroxyl groups excluding tert-OH is 18. The van der Waals surface area contributed by atoms with Gasteiger partial charge in [0.1, 0.15) is 159 Å². The van der Waals surface area contributed by atoms with Gasteiger partial charge < -0.3 is 169 Å². The molecule has 3 amide bonds. The zero-order valence-corrected chi connectivity index (χ0v) is 46.3. The maximum atomic E-state index is 13.0. The molecule has 35 atom stereocenters. The van der Waals surface area contributed by atoms with Gasteiger partial charge in [-0.3, -0.25) is 14.4 Å². The van der Waals surface area contributed by atoms with Crippen LogP contribution < -0.4 is 16.0 Å². The third-order valence-corrected chi connectivity index (χ3v) is 15.7. The first kappa shape index (κ1) is 69.6. The van der Waals surface area contributed by atoms with Crippen LogP contribution in [0.2, 0.25) is 0 Å². The second kappa shape index (κ2) is 29.9. The quantitative estimate of drug-likeness (QED) is 0.0538. The molecule has 0 saturated carbocycles. The number of amides is 3. The van der Waals surface area contributed by atoms with Crippen LogP contribution in [0.15, 0.2) is 0 Å². The molecule has 7 saturated heterocycles. The van der Waals surface area contributed by atoms with Crippen molar-refractivity contribution < 1.29 is 168 Å². The third kappa shape index (κ3) is 15.3. The standard InChI is InChI=1S/C48H81N3O34/c1-11-24(59)31(66)35(70)45(74-11)84-40-33(68)26(61)16(6-52)78-47(40)81-37-19(9-55)80-43(21(30(37)65)49-13(3)56)73-10-20-29(64)38(22(42(72)76-20)50-14(4)57)82-44-23(51-15(5)58)39(28(63)18(8-54)77-44)83-48-41(34(69)27(62)17(7-53)79-48)85-46-36(71)32(67)25(60)12(2)75-46/h11-12,16-48,52-55,59-72H,6-10H2,1-5H3,(H,49,56)(H,50,57)(H,51,58)/t11-,12-,16+,17+,18+,19+,20+,21+,22+,23+,24+,25+,26-,27-,28+,29-,30+,31+,32+,33-,34-,35-,36-,37+,38+,39+,40+,41+,42?,43+,44-,45-,46-,47-,48-/m0/s1. The number of aliphatic hydroxyl groups is 18. The molecule has 0 aromatic carbocycles. The van der Waals surface area contributed by atoms with Gasteiger partial charge in [0, 0.05) is 20.8 Å². The first-order valence-corrected chi connectivity index (χ1v) is 27.3. The molecule has 7 aliphatic heterocycles. The van der Waals surface area contributed by atoms with E-state index in [1.165, 1.54) is 13.8 Å². The van der Waals surface area contributed by atoms with Crippen molar-refractivity contribution >= 4 is 17.7 Å². The Balaban J connectivity index is 1.12. The molecule has 0 aliphatic carbocycles. The molecule has 1 unspecified atom stereocenters. The van der Waals surface area contributed by atoms with E-state index in [4.69, 9.17) is 61.6 Å². The number of ether oxygens (including phenoxy) is 13. The van der Waals surface area contributed by atoms with E-state index in [2.05, 4.69) is 16.0 Å². The van der Waals surface area contributed by atoms with Crippen LogP contribution in [0.3, 0.4) is 0 Å². The average molecular weight is 1240 g/mol. The van der Waals surface area contributed by atoms with E-state index in [1.807, 2.05) is 0 Å². The van der Waals surface area contributed by atoms with Gasteiger partial charge in [-0.05, 0) is 13.8 Å². The molecule has 0 bridgehead atoms. The van der Waals surface area contributed by atoms with Gasteiger partial charge in [0.25, 0.3) is 0 Å². The normalized spacial score (nSPS) is 49.8. The van der Waals surface area contributed by atoms with Crippen molar-refractivity contribution in [1.29, 1.82) is 0 Å². The Labute approximate surface area is 483 Å². The van der Waals surface area contributed by atoms with Crippen molar-refractivity contribution in [3.05, 3.63) is 0 Å². The fourth-order valence-electron chi connectivity index (χ4n) is 11.0. The molecule has 7 rings (SSSR count). The molecule has 37 nitrogen and oxygen atoms in total. The number of carbonyl (C=O) groups excluding carboxylic acids is 3. The molecule has 0 aromatic heterocycles. The summed E-state index contributed by atoms with van der Waals surface area (Å²) in [4.78, 5) is 38.3. The number of carbonyl (C=O) groups is 3. The van der Waals surface area contributed by atoms with Gasteiger partial charge in [0.05, 0.1) is 45.2 Å². The van der Waals surface area contributed by atoms with Gasteiger partial charge in [0.15, 0.2) is 44.0 Å². The molecule has 0 aromatic rings. The topological polar surface area (TPSA) is 571 Å². The second-order valence-corrected chi connectivity index (χ2v) is 21.8. The summed E-state index contributed by atoms with van der Waals surface area (Å²) >= 11 is 0. The fraction of sp³-hybridized carbons (Fsp3) is 0.938. The Bertz CT molecular complexity index is 2150. The predicted molar refractivity (Wildman–Crippen MR) is 264 cm³/mol. The van der Waals surface area contributed by atoms with Crippen LogP contribution in [0.1, 0.15) is 34.6 Å². The van der Waals surface area contributed by atoms with Gasteiger partial charge in [-0.15, -0.1) is 0 Å². The van der Waals surface area contributed by atoms with E-state index >= 15 is 0 Å². The van der Waals surface area contributed by atoms with Crippen molar-refractivity contribution in [3.63, 3.8) is 0 Å². The van der Waals surface area contributed by atoms with E-state index in [1.54, 1.807) is 0 Å². The molecular weight excluding hydrogens is 1160 g/mol. The molecule has 21 N–H and O–H groups in total. The van der Waals surface area contributed by atoms with Gasteiger partial charge in [-0.2, -0.15) is 0 Å². The maximum absolute atomic E-state index is 13.0. The summed E-state index contributed by atoms with van der Waals surface area (Å²) in [6, 6.07) is -5.28. The maximum Gasteiger partial charge on any atom is 0.217 e. The van der Waals surface area contributed by atoms with Crippen LogP contribution in [0.5, 0.6) is 0 Å². The average Bonchev–Trinajstić information content (AvgIpc) is 1.82. The van der Waals surface area contributed by atoms with E-state index in [0.717, 1.165) is 20.8 Å². The van der Waals surface area contributed by atoms with Crippen LogP contribution in [-0.2, 0) is 76.0 Å². The number of hydrogen-bond acceptors (Lipinski definition) is 34. The number of nitrogens with one attached hydrogen (secondary N) is 3. The largest absolute Gasteiger partial charge is 0.394 e. The van der Waals surface area contributed by atoms with E-state index in [-0.39, 0.29) is 0 Å². The van der Waals surface area contributed by atoms with E-state index in [0.29, 0.717) is 0 Å². The summed E-state index contributed by atoms with van der Waals surface area (Å²) in [5, 5.41) is 203. The highest BCUT2D eigenvalue weighted by molar-refractivity contribution is 5.74. The molecule has 85 heavy (non-hydrogen) atoms. The molecule has 0 radical (unpaired) electrons. The summed E-state index contributed by atoms with van der Waals surface area (Å²) in [5.74, 6) is -2.54. The van der Waals surface area contributed by atoms with E-state index < -0.39 is 266 Å². The smallest absolute Gasteiger partial charge is 0.217 e. The molecule has 7 heterocycles. The summed E-state index contributed by atoms with van der Waals surface area (Å²) < 4.78 is 76.0. The van der Waals surface area contributed by atoms with Crippen LogP contribution in [0.4, 0.5) is 0 Å². The van der Waals surface area contributed by atoms with Crippen LogP contribution >= 0.6 is 0 Å². The minimum absolute atomic E-state index is 0.826. The number of hydrogen-bond donors (Lipinski definition) is 21.